The van der Waals surface area contributed by atoms with Crippen molar-refractivity contribution < 1.29 is 8.78 Å². The van der Waals surface area contributed by atoms with Gasteiger partial charge in [0.1, 0.15) is 0 Å². The van der Waals surface area contributed by atoms with Gasteiger partial charge in [0.15, 0.2) is 11.6 Å². The van der Waals surface area contributed by atoms with Crippen molar-refractivity contribution in [3.63, 3.8) is 0 Å². The Morgan fingerprint density at radius 1 is 1.15 bits per heavy atom. The smallest absolute Gasteiger partial charge is 0.159 e. The number of benzene rings is 1. The fourth-order valence-corrected chi connectivity index (χ4v) is 3.18. The van der Waals surface area contributed by atoms with Gasteiger partial charge < -0.3 is 5.32 Å². The first-order valence-electron chi connectivity index (χ1n) is 7.80. The summed E-state index contributed by atoms with van der Waals surface area (Å²) in [7, 11) is 0. The molecule has 3 heteroatoms. The largest absolute Gasteiger partial charge is 0.310 e. The van der Waals surface area contributed by atoms with E-state index < -0.39 is 11.6 Å². The number of nitrogens with one attached hydrogen (secondary N) is 1. The van der Waals surface area contributed by atoms with E-state index in [2.05, 4.69) is 19.2 Å². The Morgan fingerprint density at radius 3 is 2.45 bits per heavy atom. The molecule has 1 aromatic carbocycles. The van der Waals surface area contributed by atoms with Crippen LogP contribution >= 0.6 is 0 Å². The van der Waals surface area contributed by atoms with Crippen molar-refractivity contribution in [2.45, 2.75) is 52.0 Å². The third-order valence-electron chi connectivity index (χ3n) is 4.45. The summed E-state index contributed by atoms with van der Waals surface area (Å²) in [6, 6.07) is 4.49. The Hall–Kier alpha value is -0.960. The summed E-state index contributed by atoms with van der Waals surface area (Å²) >= 11 is 0. The molecule has 0 heterocycles. The summed E-state index contributed by atoms with van der Waals surface area (Å²) < 4.78 is 26.6. The number of rotatable bonds is 5. The van der Waals surface area contributed by atoms with Gasteiger partial charge in [0.2, 0.25) is 0 Å². The van der Waals surface area contributed by atoms with Crippen molar-refractivity contribution in [1.82, 2.24) is 5.32 Å². The van der Waals surface area contributed by atoms with Gasteiger partial charge in [-0.25, -0.2) is 8.78 Å². The fraction of sp³-hybridized carbons (Fsp3) is 0.647. The molecule has 2 rings (SSSR count). The zero-order chi connectivity index (χ0) is 14.5. The van der Waals surface area contributed by atoms with Crippen LogP contribution in [0.2, 0.25) is 0 Å². The average molecular weight is 281 g/mol. The minimum atomic E-state index is -0.764. The van der Waals surface area contributed by atoms with Crippen LogP contribution in [-0.4, -0.2) is 6.54 Å². The molecule has 1 unspecified atom stereocenters. The third-order valence-corrected chi connectivity index (χ3v) is 4.45. The van der Waals surface area contributed by atoms with Crippen molar-refractivity contribution in [2.24, 2.45) is 11.8 Å². The molecule has 0 amide bonds. The van der Waals surface area contributed by atoms with Gasteiger partial charge in [0.25, 0.3) is 0 Å². The lowest BCUT2D eigenvalue weighted by Crippen LogP contribution is -2.31. The van der Waals surface area contributed by atoms with E-state index in [4.69, 9.17) is 0 Å². The highest BCUT2D eigenvalue weighted by atomic mass is 19.2. The molecule has 1 nitrogen and oxygen atoms in total. The van der Waals surface area contributed by atoms with E-state index in [1.54, 1.807) is 6.07 Å². The lowest BCUT2D eigenvalue weighted by molar-refractivity contribution is 0.231. The topological polar surface area (TPSA) is 12.0 Å². The second-order valence-corrected chi connectivity index (χ2v) is 6.13. The number of hydrogen-bond acceptors (Lipinski definition) is 1. The number of halogens is 2. The average Bonchev–Trinajstić information content (AvgIpc) is 2.45. The SMILES string of the molecule is CCCNC(c1ccc(F)c(F)c1)C1CCC(C)CC1. The second kappa shape index (κ2) is 7.16. The molecule has 20 heavy (non-hydrogen) atoms. The fourth-order valence-electron chi connectivity index (χ4n) is 3.18. The molecule has 0 radical (unpaired) electrons. The first-order valence-corrected chi connectivity index (χ1v) is 7.80. The van der Waals surface area contributed by atoms with Gasteiger partial charge in [-0.2, -0.15) is 0 Å². The van der Waals surface area contributed by atoms with E-state index >= 15 is 0 Å². The molecule has 1 aliphatic rings. The van der Waals surface area contributed by atoms with Crippen LogP contribution in [0.1, 0.15) is 57.6 Å². The molecule has 0 saturated heterocycles. The molecule has 1 saturated carbocycles. The normalized spacial score (nSPS) is 24.6. The summed E-state index contributed by atoms with van der Waals surface area (Å²) in [4.78, 5) is 0. The molecular formula is C17H25F2N. The summed E-state index contributed by atoms with van der Waals surface area (Å²) in [6.45, 7) is 5.33. The molecule has 1 atom stereocenters. The van der Waals surface area contributed by atoms with Gasteiger partial charge in [0, 0.05) is 6.04 Å². The van der Waals surface area contributed by atoms with Crippen LogP contribution < -0.4 is 5.32 Å². The lowest BCUT2D eigenvalue weighted by atomic mass is 9.77. The molecule has 112 valence electrons. The molecule has 1 N–H and O–H groups in total. The highest BCUT2D eigenvalue weighted by Crippen LogP contribution is 2.37. The van der Waals surface area contributed by atoms with Crippen molar-refractivity contribution >= 4 is 0 Å². The molecule has 1 aromatic rings. The predicted molar refractivity (Wildman–Crippen MR) is 78.5 cm³/mol. The minimum Gasteiger partial charge on any atom is -0.310 e. The van der Waals surface area contributed by atoms with Crippen LogP contribution in [0, 0.1) is 23.5 Å². The summed E-state index contributed by atoms with van der Waals surface area (Å²) in [6.07, 6.45) is 5.85. The highest BCUT2D eigenvalue weighted by molar-refractivity contribution is 5.22. The Morgan fingerprint density at radius 2 is 1.85 bits per heavy atom. The van der Waals surface area contributed by atoms with Gasteiger partial charge >= 0.3 is 0 Å². The third kappa shape index (κ3) is 3.78. The Balaban J connectivity index is 2.15. The quantitative estimate of drug-likeness (QED) is 0.815. The van der Waals surface area contributed by atoms with Crippen molar-refractivity contribution in [3.8, 4) is 0 Å². The van der Waals surface area contributed by atoms with Crippen LogP contribution in [0.4, 0.5) is 8.78 Å². The van der Waals surface area contributed by atoms with E-state index in [-0.39, 0.29) is 6.04 Å². The van der Waals surface area contributed by atoms with Gasteiger partial charge in [-0.15, -0.1) is 0 Å². The Bertz CT molecular complexity index is 425. The van der Waals surface area contributed by atoms with E-state index in [1.807, 2.05) is 0 Å². The molecule has 0 aliphatic heterocycles. The van der Waals surface area contributed by atoms with E-state index in [9.17, 15) is 8.78 Å². The van der Waals surface area contributed by atoms with Crippen molar-refractivity contribution in [1.29, 1.82) is 0 Å². The van der Waals surface area contributed by atoms with Crippen molar-refractivity contribution in [2.75, 3.05) is 6.54 Å². The maximum absolute atomic E-state index is 13.5. The molecule has 1 aliphatic carbocycles. The second-order valence-electron chi connectivity index (χ2n) is 6.13. The van der Waals surface area contributed by atoms with Crippen LogP contribution in [0.25, 0.3) is 0 Å². The van der Waals surface area contributed by atoms with Crippen molar-refractivity contribution in [3.05, 3.63) is 35.4 Å². The zero-order valence-corrected chi connectivity index (χ0v) is 12.5. The molecule has 1 fully saturated rings. The number of hydrogen-bond donors (Lipinski definition) is 1. The van der Waals surface area contributed by atoms with Gasteiger partial charge in [-0.3, -0.25) is 0 Å². The summed E-state index contributed by atoms with van der Waals surface area (Å²) in [5.41, 5.74) is 0.886. The standard InChI is InChI=1S/C17H25F2N/c1-3-10-20-17(13-6-4-12(2)5-7-13)14-8-9-15(18)16(19)11-14/h8-9,11-13,17,20H,3-7,10H2,1-2H3. The zero-order valence-electron chi connectivity index (χ0n) is 12.5. The molecule has 0 spiro atoms. The maximum atomic E-state index is 13.5. The van der Waals surface area contributed by atoms with E-state index in [0.717, 1.165) is 24.4 Å². The Labute approximate surface area is 120 Å². The van der Waals surface area contributed by atoms with E-state index in [0.29, 0.717) is 5.92 Å². The molecule has 0 bridgehead atoms. The first kappa shape index (κ1) is 15.4. The van der Waals surface area contributed by atoms with Crippen LogP contribution in [-0.2, 0) is 0 Å². The van der Waals surface area contributed by atoms with Crippen LogP contribution in [0.3, 0.4) is 0 Å². The minimum absolute atomic E-state index is 0.151. The monoisotopic (exact) mass is 281 g/mol. The highest BCUT2D eigenvalue weighted by Gasteiger charge is 2.27. The van der Waals surface area contributed by atoms with E-state index in [1.165, 1.54) is 37.8 Å². The predicted octanol–water partition coefficient (Wildman–Crippen LogP) is 4.83. The lowest BCUT2D eigenvalue weighted by Gasteiger charge is -2.33. The van der Waals surface area contributed by atoms with Gasteiger partial charge in [-0.05, 0) is 55.3 Å². The Kier molecular flexibility index (Phi) is 5.53. The summed E-state index contributed by atoms with van der Waals surface area (Å²) in [5.74, 6) is -0.180. The van der Waals surface area contributed by atoms with Crippen LogP contribution in [0.5, 0.6) is 0 Å². The molecule has 0 aromatic heterocycles. The van der Waals surface area contributed by atoms with Crippen LogP contribution in [0.15, 0.2) is 18.2 Å². The molecular weight excluding hydrogens is 256 g/mol. The maximum Gasteiger partial charge on any atom is 0.159 e. The van der Waals surface area contributed by atoms with Gasteiger partial charge in [0.05, 0.1) is 0 Å². The first-order chi connectivity index (χ1) is 9.61. The van der Waals surface area contributed by atoms with Gasteiger partial charge in [-0.1, -0.05) is 32.8 Å². The summed E-state index contributed by atoms with van der Waals surface area (Å²) in [5, 5.41) is 3.53.